The van der Waals surface area contributed by atoms with Crippen LogP contribution in [-0.4, -0.2) is 24.7 Å². The highest BCUT2D eigenvalue weighted by atomic mass is 15.0. The van der Waals surface area contributed by atoms with Crippen LogP contribution in [0.1, 0.15) is 32.6 Å². The molecular weight excluding hydrogens is 160 g/mol. The second kappa shape index (κ2) is 4.25. The van der Waals surface area contributed by atoms with E-state index in [1.807, 2.05) is 0 Å². The highest BCUT2D eigenvalue weighted by Gasteiger charge is 2.20. The zero-order valence-corrected chi connectivity index (χ0v) is 8.42. The van der Waals surface area contributed by atoms with Gasteiger partial charge in [0, 0.05) is 24.7 Å². The minimum Gasteiger partial charge on any atom is -0.313 e. The Hall–Kier alpha value is -0.340. The molecule has 1 aliphatic heterocycles. The fourth-order valence-corrected chi connectivity index (χ4v) is 2.23. The SMILES string of the molecule is CC1CCC(NC2CC=CC2)CN1. The third-order valence-corrected chi connectivity index (χ3v) is 3.14. The molecule has 13 heavy (non-hydrogen) atoms. The summed E-state index contributed by atoms with van der Waals surface area (Å²) in [4.78, 5) is 0. The topological polar surface area (TPSA) is 24.1 Å². The van der Waals surface area contributed by atoms with Gasteiger partial charge < -0.3 is 10.6 Å². The van der Waals surface area contributed by atoms with Gasteiger partial charge in [-0.25, -0.2) is 0 Å². The molecule has 2 rings (SSSR count). The number of hydrogen-bond donors (Lipinski definition) is 2. The molecule has 2 N–H and O–H groups in total. The Kier molecular flexibility index (Phi) is 3.01. The van der Waals surface area contributed by atoms with Gasteiger partial charge >= 0.3 is 0 Å². The fraction of sp³-hybridized carbons (Fsp3) is 0.818. The Labute approximate surface area is 80.8 Å². The minimum absolute atomic E-state index is 0.709. The largest absolute Gasteiger partial charge is 0.313 e. The molecule has 2 heteroatoms. The molecule has 0 saturated carbocycles. The molecule has 1 aliphatic carbocycles. The first kappa shape index (κ1) is 9.22. The number of piperidine rings is 1. The van der Waals surface area contributed by atoms with E-state index in [4.69, 9.17) is 0 Å². The lowest BCUT2D eigenvalue weighted by Crippen LogP contribution is -2.49. The van der Waals surface area contributed by atoms with Crippen LogP contribution in [0.4, 0.5) is 0 Å². The van der Waals surface area contributed by atoms with Crippen LogP contribution in [0.15, 0.2) is 12.2 Å². The molecule has 0 aromatic heterocycles. The van der Waals surface area contributed by atoms with Crippen molar-refractivity contribution in [3.63, 3.8) is 0 Å². The van der Waals surface area contributed by atoms with E-state index < -0.39 is 0 Å². The van der Waals surface area contributed by atoms with Crippen molar-refractivity contribution in [1.29, 1.82) is 0 Å². The van der Waals surface area contributed by atoms with Gasteiger partial charge in [0.05, 0.1) is 0 Å². The van der Waals surface area contributed by atoms with E-state index in [1.165, 1.54) is 25.7 Å². The number of nitrogens with one attached hydrogen (secondary N) is 2. The van der Waals surface area contributed by atoms with E-state index in [9.17, 15) is 0 Å². The van der Waals surface area contributed by atoms with Gasteiger partial charge in [-0.1, -0.05) is 12.2 Å². The van der Waals surface area contributed by atoms with Crippen LogP contribution >= 0.6 is 0 Å². The van der Waals surface area contributed by atoms with E-state index in [2.05, 4.69) is 29.7 Å². The van der Waals surface area contributed by atoms with Crippen molar-refractivity contribution in [2.45, 2.75) is 50.7 Å². The smallest absolute Gasteiger partial charge is 0.0195 e. The minimum atomic E-state index is 0.709. The molecule has 2 aliphatic rings. The molecule has 1 heterocycles. The second-order valence-electron chi connectivity index (χ2n) is 4.39. The van der Waals surface area contributed by atoms with Crippen LogP contribution < -0.4 is 10.6 Å². The molecule has 0 spiro atoms. The van der Waals surface area contributed by atoms with Crippen LogP contribution in [0.3, 0.4) is 0 Å². The van der Waals surface area contributed by atoms with Crippen LogP contribution in [0.25, 0.3) is 0 Å². The van der Waals surface area contributed by atoms with Crippen molar-refractivity contribution in [1.82, 2.24) is 10.6 Å². The third-order valence-electron chi connectivity index (χ3n) is 3.14. The maximum Gasteiger partial charge on any atom is 0.0195 e. The molecule has 74 valence electrons. The van der Waals surface area contributed by atoms with Gasteiger partial charge in [-0.3, -0.25) is 0 Å². The Morgan fingerprint density at radius 2 is 1.92 bits per heavy atom. The molecule has 0 radical (unpaired) electrons. The van der Waals surface area contributed by atoms with Crippen LogP contribution in [0.5, 0.6) is 0 Å². The molecule has 0 aromatic rings. The molecule has 0 aromatic carbocycles. The highest BCUT2D eigenvalue weighted by Crippen LogP contribution is 2.13. The summed E-state index contributed by atoms with van der Waals surface area (Å²) in [6.45, 7) is 3.42. The number of hydrogen-bond acceptors (Lipinski definition) is 2. The summed E-state index contributed by atoms with van der Waals surface area (Å²) in [6.07, 6.45) is 9.69. The zero-order valence-electron chi connectivity index (χ0n) is 8.42. The normalized spacial score (nSPS) is 35.5. The van der Waals surface area contributed by atoms with E-state index in [-0.39, 0.29) is 0 Å². The average molecular weight is 180 g/mol. The van der Waals surface area contributed by atoms with Crippen molar-refractivity contribution < 1.29 is 0 Å². The standard InChI is InChI=1S/C11H20N2/c1-9-6-7-11(8-12-9)13-10-4-2-3-5-10/h2-3,9-13H,4-8H2,1H3. The Balaban J connectivity index is 1.70. The summed E-state index contributed by atoms with van der Waals surface area (Å²) in [5, 5.41) is 7.24. The van der Waals surface area contributed by atoms with E-state index in [0.29, 0.717) is 6.04 Å². The van der Waals surface area contributed by atoms with Gasteiger partial charge in [-0.05, 0) is 32.6 Å². The zero-order chi connectivity index (χ0) is 9.10. The lowest BCUT2D eigenvalue weighted by atomic mass is 10.0. The lowest BCUT2D eigenvalue weighted by Gasteiger charge is -2.30. The predicted molar refractivity (Wildman–Crippen MR) is 55.8 cm³/mol. The van der Waals surface area contributed by atoms with Gasteiger partial charge in [-0.2, -0.15) is 0 Å². The fourth-order valence-electron chi connectivity index (χ4n) is 2.23. The van der Waals surface area contributed by atoms with Crippen LogP contribution in [0, 0.1) is 0 Å². The van der Waals surface area contributed by atoms with Gasteiger partial charge in [0.15, 0.2) is 0 Å². The molecule has 2 unspecified atom stereocenters. The van der Waals surface area contributed by atoms with Crippen molar-refractivity contribution >= 4 is 0 Å². The van der Waals surface area contributed by atoms with Crippen molar-refractivity contribution in [2.75, 3.05) is 6.54 Å². The molecule has 2 atom stereocenters. The quantitative estimate of drug-likeness (QED) is 0.628. The molecule has 1 saturated heterocycles. The van der Waals surface area contributed by atoms with Crippen molar-refractivity contribution in [2.24, 2.45) is 0 Å². The van der Waals surface area contributed by atoms with Gasteiger partial charge in [-0.15, -0.1) is 0 Å². The first-order valence-corrected chi connectivity index (χ1v) is 5.49. The van der Waals surface area contributed by atoms with Gasteiger partial charge in [0.1, 0.15) is 0 Å². The van der Waals surface area contributed by atoms with Gasteiger partial charge in [0.2, 0.25) is 0 Å². The summed E-state index contributed by atoms with van der Waals surface area (Å²) in [6, 6.07) is 2.15. The number of rotatable bonds is 2. The average Bonchev–Trinajstić information content (AvgIpc) is 2.62. The molecule has 0 bridgehead atoms. The second-order valence-corrected chi connectivity index (χ2v) is 4.39. The first-order valence-electron chi connectivity index (χ1n) is 5.49. The Morgan fingerprint density at radius 3 is 2.54 bits per heavy atom. The Bertz CT molecular complexity index is 173. The molecule has 0 amide bonds. The summed E-state index contributed by atoms with van der Waals surface area (Å²) < 4.78 is 0. The third kappa shape index (κ3) is 2.55. The maximum atomic E-state index is 3.71. The van der Waals surface area contributed by atoms with E-state index >= 15 is 0 Å². The monoisotopic (exact) mass is 180 g/mol. The van der Waals surface area contributed by atoms with Crippen molar-refractivity contribution in [3.05, 3.63) is 12.2 Å². The molecule has 1 fully saturated rings. The van der Waals surface area contributed by atoms with Crippen LogP contribution in [-0.2, 0) is 0 Å². The first-order chi connectivity index (χ1) is 6.34. The predicted octanol–water partition coefficient (Wildman–Crippen LogP) is 1.44. The molecular formula is C11H20N2. The summed E-state index contributed by atoms with van der Waals surface area (Å²) >= 11 is 0. The van der Waals surface area contributed by atoms with Gasteiger partial charge in [0.25, 0.3) is 0 Å². The van der Waals surface area contributed by atoms with E-state index in [1.54, 1.807) is 0 Å². The summed E-state index contributed by atoms with van der Waals surface area (Å²) in [7, 11) is 0. The maximum absolute atomic E-state index is 3.71. The molecule has 2 nitrogen and oxygen atoms in total. The highest BCUT2D eigenvalue weighted by molar-refractivity contribution is 4.99. The van der Waals surface area contributed by atoms with Crippen LogP contribution in [0.2, 0.25) is 0 Å². The Morgan fingerprint density at radius 1 is 1.15 bits per heavy atom. The van der Waals surface area contributed by atoms with Crippen molar-refractivity contribution in [3.8, 4) is 0 Å². The summed E-state index contributed by atoms with van der Waals surface area (Å²) in [5.41, 5.74) is 0. The van der Waals surface area contributed by atoms with E-state index in [0.717, 1.165) is 18.6 Å². The summed E-state index contributed by atoms with van der Waals surface area (Å²) in [5.74, 6) is 0. The lowest BCUT2D eigenvalue weighted by molar-refractivity contribution is 0.316.